The summed E-state index contributed by atoms with van der Waals surface area (Å²) in [6.45, 7) is 1.79. The highest BCUT2D eigenvalue weighted by Crippen LogP contribution is 2.27. The molecule has 2 aromatic rings. The lowest BCUT2D eigenvalue weighted by atomic mass is 10.1. The number of nitrogens with one attached hydrogen (secondary N) is 1. The van der Waals surface area contributed by atoms with Gasteiger partial charge in [0.05, 0.1) is 10.6 Å². The van der Waals surface area contributed by atoms with Gasteiger partial charge < -0.3 is 5.73 Å². The zero-order valence-electron chi connectivity index (χ0n) is 9.91. The molecule has 1 heterocycles. The Labute approximate surface area is 112 Å². The number of nitrogens with two attached hydrogens (primary N) is 1. The van der Waals surface area contributed by atoms with Crippen LogP contribution in [0.5, 0.6) is 0 Å². The van der Waals surface area contributed by atoms with E-state index in [0.717, 1.165) is 5.69 Å². The van der Waals surface area contributed by atoms with Gasteiger partial charge in [-0.2, -0.15) is 0 Å². The number of hydrogen-bond donors (Lipinski definition) is 2. The van der Waals surface area contributed by atoms with Crippen LogP contribution in [0.2, 0.25) is 0 Å². The molecular formula is C11H10N4O3S. The molecule has 2 rings (SSSR count). The Hall–Kier alpha value is -2.48. The van der Waals surface area contributed by atoms with E-state index >= 15 is 0 Å². The number of nitrogen functional groups attached to an aromatic ring is 1. The van der Waals surface area contributed by atoms with Gasteiger partial charge in [-0.05, 0) is 19.1 Å². The zero-order chi connectivity index (χ0) is 14.0. The molecule has 0 aliphatic carbocycles. The van der Waals surface area contributed by atoms with Crippen LogP contribution in [0.25, 0.3) is 0 Å². The molecule has 1 aromatic carbocycles. The normalized spacial score (nSPS) is 10.2. The maximum atomic E-state index is 12.0. The van der Waals surface area contributed by atoms with E-state index in [0.29, 0.717) is 5.13 Å². The van der Waals surface area contributed by atoms with Crippen LogP contribution >= 0.6 is 11.3 Å². The van der Waals surface area contributed by atoms with Crippen LogP contribution in [0.3, 0.4) is 0 Å². The Morgan fingerprint density at radius 2 is 2.26 bits per heavy atom. The Kier molecular flexibility index (Phi) is 3.43. The number of carbonyl (C=O) groups is 1. The number of carbonyl (C=O) groups excluding carboxylic acids is 1. The molecule has 1 aromatic heterocycles. The summed E-state index contributed by atoms with van der Waals surface area (Å²) in [5, 5.41) is 15.6. The third-order valence-electron chi connectivity index (χ3n) is 2.33. The number of rotatable bonds is 3. The first-order valence-corrected chi connectivity index (χ1v) is 6.13. The second kappa shape index (κ2) is 5.02. The average Bonchev–Trinajstić information content (AvgIpc) is 2.73. The number of thiazole rings is 1. The van der Waals surface area contributed by atoms with Gasteiger partial charge in [-0.3, -0.25) is 20.2 Å². The van der Waals surface area contributed by atoms with Crippen LogP contribution in [-0.4, -0.2) is 15.8 Å². The summed E-state index contributed by atoms with van der Waals surface area (Å²) >= 11 is 1.25. The van der Waals surface area contributed by atoms with Crippen LogP contribution < -0.4 is 11.1 Å². The second-order valence-corrected chi connectivity index (χ2v) is 4.61. The van der Waals surface area contributed by atoms with E-state index in [2.05, 4.69) is 10.3 Å². The molecule has 8 heteroatoms. The van der Waals surface area contributed by atoms with Crippen molar-refractivity contribution in [2.24, 2.45) is 0 Å². The quantitative estimate of drug-likeness (QED) is 0.508. The molecule has 0 spiro atoms. The van der Waals surface area contributed by atoms with Crippen LogP contribution in [-0.2, 0) is 0 Å². The summed E-state index contributed by atoms with van der Waals surface area (Å²) in [6, 6.07) is 4.22. The Bertz CT molecular complexity index is 653. The molecule has 0 saturated heterocycles. The SMILES string of the molecule is Cc1csc(NC(=O)c2cccc(N)c2[N+](=O)[O-])n1. The van der Waals surface area contributed by atoms with Gasteiger partial charge in [0.1, 0.15) is 11.3 Å². The highest BCUT2D eigenvalue weighted by Gasteiger charge is 2.23. The van der Waals surface area contributed by atoms with Crippen molar-refractivity contribution >= 4 is 33.8 Å². The molecule has 7 nitrogen and oxygen atoms in total. The molecule has 1 amide bonds. The average molecular weight is 278 g/mol. The Morgan fingerprint density at radius 3 is 2.84 bits per heavy atom. The van der Waals surface area contributed by atoms with E-state index in [1.165, 1.54) is 29.5 Å². The molecule has 19 heavy (non-hydrogen) atoms. The van der Waals surface area contributed by atoms with Crippen molar-refractivity contribution in [2.75, 3.05) is 11.1 Å². The number of nitro groups is 1. The first-order chi connectivity index (χ1) is 8.99. The minimum atomic E-state index is -0.669. The fraction of sp³-hybridized carbons (Fsp3) is 0.0909. The smallest absolute Gasteiger partial charge is 0.304 e. The maximum Gasteiger partial charge on any atom is 0.304 e. The summed E-state index contributed by atoms with van der Waals surface area (Å²) in [4.78, 5) is 26.3. The van der Waals surface area contributed by atoms with Crippen LogP contribution in [0.4, 0.5) is 16.5 Å². The maximum absolute atomic E-state index is 12.0. The van der Waals surface area contributed by atoms with Gasteiger partial charge in [0, 0.05) is 5.38 Å². The number of nitro benzene ring substituents is 1. The van der Waals surface area contributed by atoms with E-state index in [-0.39, 0.29) is 11.3 Å². The van der Waals surface area contributed by atoms with Crippen molar-refractivity contribution in [3.8, 4) is 0 Å². The molecule has 3 N–H and O–H groups in total. The fourth-order valence-corrected chi connectivity index (χ4v) is 2.21. The third kappa shape index (κ3) is 2.68. The van der Waals surface area contributed by atoms with Crippen LogP contribution in [0.15, 0.2) is 23.6 Å². The minimum Gasteiger partial charge on any atom is -0.393 e. The molecule has 0 aliphatic heterocycles. The summed E-state index contributed by atoms with van der Waals surface area (Å²) in [7, 11) is 0. The van der Waals surface area contributed by atoms with Crippen molar-refractivity contribution in [3.05, 3.63) is 45.0 Å². The molecule has 0 fully saturated rings. The van der Waals surface area contributed by atoms with E-state index < -0.39 is 16.5 Å². The summed E-state index contributed by atoms with van der Waals surface area (Å²) in [5.74, 6) is -0.603. The number of nitrogens with zero attached hydrogens (tertiary/aromatic N) is 2. The number of aromatic nitrogens is 1. The number of para-hydroxylation sites is 1. The summed E-state index contributed by atoms with van der Waals surface area (Å²) in [5.41, 5.74) is 5.76. The number of benzene rings is 1. The molecule has 0 unspecified atom stereocenters. The lowest BCUT2D eigenvalue weighted by Gasteiger charge is -2.04. The number of anilines is 2. The first-order valence-electron chi connectivity index (χ1n) is 5.25. The van der Waals surface area contributed by atoms with Crippen molar-refractivity contribution < 1.29 is 9.72 Å². The monoisotopic (exact) mass is 278 g/mol. The first kappa shape index (κ1) is 13.0. The number of aryl methyl sites for hydroxylation is 1. The summed E-state index contributed by atoms with van der Waals surface area (Å²) in [6.07, 6.45) is 0. The molecule has 0 atom stereocenters. The molecule has 0 aliphatic rings. The Morgan fingerprint density at radius 1 is 1.53 bits per heavy atom. The van der Waals surface area contributed by atoms with Gasteiger partial charge in [0.25, 0.3) is 5.91 Å². The zero-order valence-corrected chi connectivity index (χ0v) is 10.7. The van der Waals surface area contributed by atoms with Gasteiger partial charge in [-0.15, -0.1) is 11.3 Å². The van der Waals surface area contributed by atoms with Gasteiger partial charge in [0.15, 0.2) is 5.13 Å². The lowest BCUT2D eigenvalue weighted by molar-refractivity contribution is -0.384. The van der Waals surface area contributed by atoms with E-state index in [4.69, 9.17) is 5.73 Å². The van der Waals surface area contributed by atoms with Crippen molar-refractivity contribution in [3.63, 3.8) is 0 Å². The lowest BCUT2D eigenvalue weighted by Crippen LogP contribution is -2.14. The number of hydrogen-bond acceptors (Lipinski definition) is 6. The van der Waals surface area contributed by atoms with E-state index in [1.54, 1.807) is 12.3 Å². The predicted octanol–water partition coefficient (Wildman–Crippen LogP) is 2.19. The van der Waals surface area contributed by atoms with Crippen molar-refractivity contribution in [1.82, 2.24) is 4.98 Å². The largest absolute Gasteiger partial charge is 0.393 e. The molecule has 0 saturated carbocycles. The fourth-order valence-electron chi connectivity index (χ4n) is 1.52. The highest BCUT2D eigenvalue weighted by atomic mass is 32.1. The second-order valence-electron chi connectivity index (χ2n) is 3.75. The van der Waals surface area contributed by atoms with Gasteiger partial charge in [-0.25, -0.2) is 4.98 Å². The predicted molar refractivity (Wildman–Crippen MR) is 72.3 cm³/mol. The Balaban J connectivity index is 2.34. The third-order valence-corrected chi connectivity index (χ3v) is 3.21. The molecule has 0 bridgehead atoms. The van der Waals surface area contributed by atoms with Crippen molar-refractivity contribution in [1.29, 1.82) is 0 Å². The topological polar surface area (TPSA) is 111 Å². The minimum absolute atomic E-state index is 0.0482. The molecular weight excluding hydrogens is 268 g/mol. The van der Waals surface area contributed by atoms with Crippen LogP contribution in [0, 0.1) is 17.0 Å². The number of amides is 1. The van der Waals surface area contributed by atoms with Gasteiger partial charge in [0.2, 0.25) is 0 Å². The summed E-state index contributed by atoms with van der Waals surface area (Å²) < 4.78 is 0. The van der Waals surface area contributed by atoms with E-state index in [1.807, 2.05) is 0 Å². The molecule has 98 valence electrons. The standard InChI is InChI=1S/C11H10N4O3S/c1-6-5-19-11(13-6)14-10(16)7-3-2-4-8(12)9(7)15(17)18/h2-5H,12H2,1H3,(H,13,14,16). The van der Waals surface area contributed by atoms with Crippen molar-refractivity contribution in [2.45, 2.75) is 6.92 Å². The van der Waals surface area contributed by atoms with Gasteiger partial charge >= 0.3 is 5.69 Å². The molecule has 0 radical (unpaired) electrons. The van der Waals surface area contributed by atoms with E-state index in [9.17, 15) is 14.9 Å². The van der Waals surface area contributed by atoms with Gasteiger partial charge in [-0.1, -0.05) is 6.07 Å². The van der Waals surface area contributed by atoms with Crippen LogP contribution in [0.1, 0.15) is 16.1 Å². The highest BCUT2D eigenvalue weighted by molar-refractivity contribution is 7.13.